The molecule has 24 valence electrons. The largest absolute Gasteiger partial charge is 0.944 e. The first kappa shape index (κ1) is 4.38. The molecular formula is H2AlFO2. The lowest BCUT2D eigenvalue weighted by molar-refractivity contribution is 0.340. The van der Waals surface area contributed by atoms with Gasteiger partial charge in [0.05, 0.1) is 0 Å². The van der Waals surface area contributed by atoms with Crippen molar-refractivity contribution in [3.05, 3.63) is 0 Å². The predicted octanol–water partition coefficient (Wildman–Crippen LogP) is -1.07. The first-order valence-corrected chi connectivity index (χ1v) is 2.20. The van der Waals surface area contributed by atoms with Gasteiger partial charge in [-0.25, -0.2) is 0 Å². The molecule has 0 radical (unpaired) electrons. The van der Waals surface area contributed by atoms with Gasteiger partial charge in [0.15, 0.2) is 0 Å². The van der Waals surface area contributed by atoms with Gasteiger partial charge in [0.1, 0.15) is 0 Å². The van der Waals surface area contributed by atoms with Crippen LogP contribution in [-0.2, 0) is 0 Å². The third-order valence-electron chi connectivity index (χ3n) is 0. The van der Waals surface area contributed by atoms with Crippen LogP contribution in [0, 0.1) is 0 Å². The molecule has 2 nitrogen and oxygen atoms in total. The van der Waals surface area contributed by atoms with Gasteiger partial charge in [0.2, 0.25) is 0 Å². The van der Waals surface area contributed by atoms with Crippen molar-refractivity contribution in [2.24, 2.45) is 0 Å². The molecule has 0 atom stereocenters. The maximum atomic E-state index is 10.2. The van der Waals surface area contributed by atoms with Crippen LogP contribution in [0.2, 0.25) is 0 Å². The fourth-order valence-electron chi connectivity index (χ4n) is 0. The molecule has 0 aromatic carbocycles. The van der Waals surface area contributed by atoms with E-state index < -0.39 is 15.3 Å². The van der Waals surface area contributed by atoms with Crippen molar-refractivity contribution < 1.29 is 11.8 Å². The SMILES string of the molecule is [OH][Al]([OH])[F]. The maximum absolute atomic E-state index is 10.2. The number of hydrogen-bond acceptors (Lipinski definition) is 2. The summed E-state index contributed by atoms with van der Waals surface area (Å²) in [5.74, 6) is 0. The monoisotopic (exact) mass is 80.0 g/mol. The average molecular weight is 80.0 g/mol. The molecule has 0 rings (SSSR count). The summed E-state index contributed by atoms with van der Waals surface area (Å²) < 4.78 is 24.4. The topological polar surface area (TPSA) is 40.5 Å². The Morgan fingerprint density at radius 1 is 1.50 bits per heavy atom. The van der Waals surface area contributed by atoms with Crippen molar-refractivity contribution in [2.75, 3.05) is 0 Å². The van der Waals surface area contributed by atoms with E-state index in [2.05, 4.69) is 0 Å². The van der Waals surface area contributed by atoms with E-state index in [-0.39, 0.29) is 0 Å². The Morgan fingerprint density at radius 3 is 1.50 bits per heavy atom. The number of halogens is 1. The van der Waals surface area contributed by atoms with Crippen LogP contribution in [0.15, 0.2) is 0 Å². The molecule has 0 bridgehead atoms. The highest BCUT2D eigenvalue weighted by Crippen LogP contribution is 1.57. The second-order valence-electron chi connectivity index (χ2n) is 0.311. The Labute approximate surface area is 28.0 Å². The van der Waals surface area contributed by atoms with Crippen LogP contribution in [0.1, 0.15) is 0 Å². The fourth-order valence-corrected chi connectivity index (χ4v) is 0. The van der Waals surface area contributed by atoms with Gasteiger partial charge in [-0.15, -0.1) is 0 Å². The molecule has 0 aliphatic carbocycles. The van der Waals surface area contributed by atoms with Crippen molar-refractivity contribution >= 4 is 15.3 Å². The second-order valence-corrected chi connectivity index (χ2v) is 0.932. The molecule has 0 aliphatic rings. The lowest BCUT2D eigenvalue weighted by Gasteiger charge is -1.61. The zero-order chi connectivity index (χ0) is 3.58. The minimum atomic E-state index is -3.64. The van der Waals surface area contributed by atoms with E-state index >= 15 is 0 Å². The highest BCUT2D eigenvalue weighted by Gasteiger charge is 2.12. The summed E-state index contributed by atoms with van der Waals surface area (Å²) in [6.45, 7) is 0. The Bertz CT molecular complexity index is 10.8. The van der Waals surface area contributed by atoms with Gasteiger partial charge < -0.3 is 11.8 Å². The number of rotatable bonds is 0. The zero-order valence-corrected chi connectivity index (χ0v) is 3.00. The Morgan fingerprint density at radius 2 is 1.50 bits per heavy atom. The molecule has 4 heavy (non-hydrogen) atoms. The number of hydrogen-bond donors (Lipinski definition) is 2. The van der Waals surface area contributed by atoms with E-state index in [4.69, 9.17) is 8.32 Å². The third-order valence-corrected chi connectivity index (χ3v) is 0. The van der Waals surface area contributed by atoms with E-state index in [0.717, 1.165) is 0 Å². The molecule has 2 N–H and O–H groups in total. The summed E-state index contributed by atoms with van der Waals surface area (Å²) >= 11 is -3.64. The normalized spacial score (nSPS) is 6.75. The Kier molecular flexibility index (Phi) is 1.84. The van der Waals surface area contributed by atoms with Crippen molar-refractivity contribution in [1.29, 1.82) is 0 Å². The minimum Gasteiger partial charge on any atom is -0.466 e. The Hall–Kier alpha value is 0.382. The first-order chi connectivity index (χ1) is 1.73. The first-order valence-electron chi connectivity index (χ1n) is 0.735. The molecule has 4 heteroatoms. The van der Waals surface area contributed by atoms with Gasteiger partial charge in [-0.05, 0) is 0 Å². The second kappa shape index (κ2) is 1.68. The van der Waals surface area contributed by atoms with Crippen LogP contribution in [0.4, 0.5) is 3.52 Å². The van der Waals surface area contributed by atoms with Gasteiger partial charge in [0.25, 0.3) is 0 Å². The van der Waals surface area contributed by atoms with Gasteiger partial charge in [-0.3, -0.25) is 0 Å². The van der Waals surface area contributed by atoms with E-state index in [9.17, 15) is 3.52 Å². The summed E-state index contributed by atoms with van der Waals surface area (Å²) in [5.41, 5.74) is 0. The van der Waals surface area contributed by atoms with Crippen molar-refractivity contribution in [1.82, 2.24) is 0 Å². The Balaban J connectivity index is 2.32. The van der Waals surface area contributed by atoms with Crippen molar-refractivity contribution in [2.45, 2.75) is 0 Å². The molecule has 0 aromatic heterocycles. The van der Waals surface area contributed by atoms with Crippen LogP contribution < -0.4 is 0 Å². The standard InChI is InChI=1S/Al.FH.2H2O/h;1H;2*1H2/q+3;;;/p-3. The molecule has 0 fully saturated rings. The van der Waals surface area contributed by atoms with Crippen LogP contribution in [0.3, 0.4) is 0 Å². The quantitative estimate of drug-likeness (QED) is 0.363. The summed E-state index contributed by atoms with van der Waals surface area (Å²) in [7, 11) is 0. The molecule has 0 heterocycles. The smallest absolute Gasteiger partial charge is 0.466 e. The van der Waals surface area contributed by atoms with E-state index in [1.807, 2.05) is 0 Å². The molecule has 0 saturated heterocycles. The van der Waals surface area contributed by atoms with E-state index in [1.165, 1.54) is 0 Å². The highest BCUT2D eigenvalue weighted by atomic mass is 27.3. The van der Waals surface area contributed by atoms with Gasteiger partial charge in [-0.2, -0.15) is 0 Å². The minimum absolute atomic E-state index is 3.64. The molecule has 0 unspecified atom stereocenters. The van der Waals surface area contributed by atoms with Gasteiger partial charge >= 0.3 is 15.3 Å². The molecule has 0 spiro atoms. The zero-order valence-electron chi connectivity index (χ0n) is 1.85. The third kappa shape index (κ3) is 31.1. The highest BCUT2D eigenvalue weighted by molar-refractivity contribution is 6.31. The molecular weight excluding hydrogens is 78.0 g/mol. The van der Waals surface area contributed by atoms with Crippen molar-refractivity contribution in [3.8, 4) is 0 Å². The molecule has 0 saturated carbocycles. The van der Waals surface area contributed by atoms with E-state index in [1.54, 1.807) is 0 Å². The molecule has 0 aliphatic heterocycles. The molecule has 0 aromatic rings. The molecule has 0 amide bonds. The summed E-state index contributed by atoms with van der Waals surface area (Å²) in [5, 5.41) is 0. The lowest BCUT2D eigenvalue weighted by atomic mass is 15.8. The fraction of sp³-hybridized carbons (Fsp3) is 0. The van der Waals surface area contributed by atoms with Crippen LogP contribution >= 0.6 is 0 Å². The summed E-state index contributed by atoms with van der Waals surface area (Å²) in [4.78, 5) is 0. The average Bonchev–Trinajstić information content (AvgIpc) is 0.811. The summed E-state index contributed by atoms with van der Waals surface area (Å²) in [6.07, 6.45) is 0. The van der Waals surface area contributed by atoms with Crippen LogP contribution in [-0.4, -0.2) is 23.6 Å². The van der Waals surface area contributed by atoms with Crippen molar-refractivity contribution in [3.63, 3.8) is 0 Å². The van der Waals surface area contributed by atoms with E-state index in [0.29, 0.717) is 0 Å². The van der Waals surface area contributed by atoms with Crippen LogP contribution in [0.5, 0.6) is 0 Å². The summed E-state index contributed by atoms with van der Waals surface area (Å²) in [6, 6.07) is 0. The maximum Gasteiger partial charge on any atom is 0.944 e. The van der Waals surface area contributed by atoms with Gasteiger partial charge in [0, 0.05) is 0 Å². The lowest BCUT2D eigenvalue weighted by Crippen LogP contribution is -1.98. The van der Waals surface area contributed by atoms with Gasteiger partial charge in [-0.1, -0.05) is 0 Å². The predicted molar refractivity (Wildman–Crippen MR) is 11.3 cm³/mol. The van der Waals surface area contributed by atoms with Crippen LogP contribution in [0.25, 0.3) is 0 Å².